The third kappa shape index (κ3) is 5.57. The summed E-state index contributed by atoms with van der Waals surface area (Å²) in [5.74, 6) is 0.339. The van der Waals surface area contributed by atoms with Gasteiger partial charge in [-0.25, -0.2) is 4.79 Å². The smallest absolute Gasteiger partial charge is 0.337 e. The van der Waals surface area contributed by atoms with Gasteiger partial charge in [-0.3, -0.25) is 4.79 Å². The van der Waals surface area contributed by atoms with E-state index in [0.29, 0.717) is 29.2 Å². The number of hydrogen-bond donors (Lipinski definition) is 0. The van der Waals surface area contributed by atoms with Crippen LogP contribution in [0, 0.1) is 0 Å². The highest BCUT2D eigenvalue weighted by Crippen LogP contribution is 2.22. The molecule has 160 valence electrons. The van der Waals surface area contributed by atoms with Gasteiger partial charge in [0, 0.05) is 6.54 Å². The summed E-state index contributed by atoms with van der Waals surface area (Å²) in [7, 11) is 2.94. The Morgan fingerprint density at radius 1 is 1.00 bits per heavy atom. The second-order valence-corrected chi connectivity index (χ2v) is 7.55. The van der Waals surface area contributed by atoms with E-state index in [2.05, 4.69) is 0 Å². The van der Waals surface area contributed by atoms with Crippen LogP contribution in [0.15, 0.2) is 59.4 Å². The second-order valence-electron chi connectivity index (χ2n) is 6.73. The summed E-state index contributed by atoms with van der Waals surface area (Å²) in [6.45, 7) is 0.370. The van der Waals surface area contributed by atoms with Crippen LogP contribution in [0.3, 0.4) is 0 Å². The number of nitrogens with zero attached hydrogens (tertiary/aromatic N) is 1. The lowest BCUT2D eigenvalue weighted by molar-refractivity contribution is 0.0600. The number of carbonyl (C=O) groups is 1. The Morgan fingerprint density at radius 3 is 2.42 bits per heavy atom. The van der Waals surface area contributed by atoms with Crippen LogP contribution in [0.5, 0.6) is 5.75 Å². The monoisotopic (exact) mass is 457 g/mol. The van der Waals surface area contributed by atoms with Crippen LogP contribution in [0.1, 0.15) is 27.2 Å². The molecule has 0 saturated carbocycles. The zero-order valence-corrected chi connectivity index (χ0v) is 18.6. The van der Waals surface area contributed by atoms with E-state index in [-0.39, 0.29) is 10.6 Å². The van der Waals surface area contributed by atoms with Crippen molar-refractivity contribution in [1.82, 2.24) is 4.57 Å². The van der Waals surface area contributed by atoms with E-state index in [1.54, 1.807) is 29.9 Å². The number of esters is 1. The molecule has 0 atom stereocenters. The molecule has 3 rings (SSSR count). The number of halogens is 2. The van der Waals surface area contributed by atoms with E-state index in [1.165, 1.54) is 13.2 Å². The molecule has 0 fully saturated rings. The van der Waals surface area contributed by atoms with Crippen molar-refractivity contribution in [3.8, 4) is 5.75 Å². The van der Waals surface area contributed by atoms with E-state index in [1.807, 2.05) is 42.5 Å². The van der Waals surface area contributed by atoms with Crippen LogP contribution in [0.4, 0.5) is 0 Å². The maximum Gasteiger partial charge on any atom is 0.337 e. The number of benzene rings is 2. The van der Waals surface area contributed by atoms with Crippen LogP contribution in [0.25, 0.3) is 12.2 Å². The summed E-state index contributed by atoms with van der Waals surface area (Å²) < 4.78 is 11.5. The van der Waals surface area contributed by atoms with E-state index in [9.17, 15) is 9.59 Å². The summed E-state index contributed by atoms with van der Waals surface area (Å²) in [6.07, 6.45) is 4.20. The number of aromatic nitrogens is 1. The lowest BCUT2D eigenvalue weighted by atomic mass is 10.1. The predicted octanol–water partition coefficient (Wildman–Crippen LogP) is 5.36. The molecule has 0 aliphatic heterocycles. The molecule has 0 N–H and O–H groups in total. The van der Waals surface area contributed by atoms with Gasteiger partial charge >= 0.3 is 5.97 Å². The van der Waals surface area contributed by atoms with Gasteiger partial charge in [0.25, 0.3) is 5.56 Å². The van der Waals surface area contributed by atoms with Gasteiger partial charge < -0.3 is 14.0 Å². The molecule has 0 spiro atoms. The van der Waals surface area contributed by atoms with Crippen LogP contribution in [0.2, 0.25) is 10.0 Å². The van der Waals surface area contributed by atoms with Crippen LogP contribution in [-0.2, 0) is 17.7 Å². The first-order valence-corrected chi connectivity index (χ1v) is 10.3. The normalized spacial score (nSPS) is 11.0. The van der Waals surface area contributed by atoms with Crippen molar-refractivity contribution in [3.05, 3.63) is 97.4 Å². The first kappa shape index (κ1) is 22.7. The predicted molar refractivity (Wildman–Crippen MR) is 124 cm³/mol. The van der Waals surface area contributed by atoms with Gasteiger partial charge in [-0.05, 0) is 54.0 Å². The largest absolute Gasteiger partial charge is 0.497 e. The van der Waals surface area contributed by atoms with Crippen molar-refractivity contribution in [3.63, 3.8) is 0 Å². The summed E-state index contributed by atoms with van der Waals surface area (Å²) in [5, 5.41) is 0.439. The van der Waals surface area contributed by atoms with Gasteiger partial charge in [-0.15, -0.1) is 0 Å². The molecule has 0 amide bonds. The molecule has 31 heavy (non-hydrogen) atoms. The third-order valence-corrected chi connectivity index (χ3v) is 5.34. The van der Waals surface area contributed by atoms with Gasteiger partial charge in [0.05, 0.1) is 30.5 Å². The Bertz CT molecular complexity index is 1170. The lowest BCUT2D eigenvalue weighted by Gasteiger charge is -2.13. The molecule has 5 nitrogen and oxygen atoms in total. The van der Waals surface area contributed by atoms with Gasteiger partial charge in [0.15, 0.2) is 0 Å². The van der Waals surface area contributed by atoms with E-state index in [4.69, 9.17) is 32.7 Å². The molecule has 1 heterocycles. The number of rotatable bonds is 7. The highest BCUT2D eigenvalue weighted by molar-refractivity contribution is 6.35. The number of aryl methyl sites for hydroxylation is 1. The number of hydrogen-bond acceptors (Lipinski definition) is 4. The second kappa shape index (κ2) is 10.3. The lowest BCUT2D eigenvalue weighted by Crippen LogP contribution is -2.24. The van der Waals surface area contributed by atoms with Crippen molar-refractivity contribution in [2.45, 2.75) is 13.0 Å². The molecular formula is C24H21Cl2NO4. The van der Waals surface area contributed by atoms with Gasteiger partial charge in [0.2, 0.25) is 0 Å². The standard InChI is InChI=1S/C24H21Cl2NO4/c1-30-19-5-3-4-17(14-19)8-11-22-20(25)15-21(26)23(28)27(22)13-12-16-6-9-18(10-7-16)24(29)31-2/h3-11,14-15H,12-13H2,1-2H3. The average molecular weight is 458 g/mol. The van der Waals surface area contributed by atoms with Crippen LogP contribution >= 0.6 is 23.2 Å². The highest BCUT2D eigenvalue weighted by atomic mass is 35.5. The Morgan fingerprint density at radius 2 is 1.74 bits per heavy atom. The number of pyridine rings is 1. The maximum atomic E-state index is 12.7. The Kier molecular flexibility index (Phi) is 7.55. The van der Waals surface area contributed by atoms with Crippen LogP contribution < -0.4 is 10.3 Å². The summed E-state index contributed by atoms with van der Waals surface area (Å²) in [5.41, 5.74) is 2.57. The fraction of sp³-hybridized carbons (Fsp3) is 0.167. The fourth-order valence-electron chi connectivity index (χ4n) is 3.09. The molecule has 0 bridgehead atoms. The van der Waals surface area contributed by atoms with Gasteiger partial charge in [0.1, 0.15) is 10.8 Å². The first-order chi connectivity index (χ1) is 14.9. The summed E-state index contributed by atoms with van der Waals surface area (Å²) >= 11 is 12.5. The molecule has 0 unspecified atom stereocenters. The highest BCUT2D eigenvalue weighted by Gasteiger charge is 2.12. The molecule has 0 aliphatic rings. The number of ether oxygens (including phenoxy) is 2. The van der Waals surface area contributed by atoms with Crippen LogP contribution in [-0.4, -0.2) is 24.8 Å². The van der Waals surface area contributed by atoms with Crippen molar-refractivity contribution < 1.29 is 14.3 Å². The minimum Gasteiger partial charge on any atom is -0.497 e. The van der Waals surface area contributed by atoms with Crippen molar-refractivity contribution >= 4 is 41.3 Å². The maximum absolute atomic E-state index is 12.7. The molecule has 3 aromatic rings. The van der Waals surface area contributed by atoms with Crippen molar-refractivity contribution in [2.24, 2.45) is 0 Å². The van der Waals surface area contributed by atoms with E-state index < -0.39 is 5.97 Å². The molecule has 2 aromatic carbocycles. The molecule has 0 radical (unpaired) electrons. The van der Waals surface area contributed by atoms with Crippen molar-refractivity contribution in [1.29, 1.82) is 0 Å². The van der Waals surface area contributed by atoms with E-state index in [0.717, 1.165) is 16.9 Å². The Labute approximate surface area is 190 Å². The first-order valence-electron chi connectivity index (χ1n) is 9.51. The molecule has 0 saturated heterocycles. The van der Waals surface area contributed by atoms with Gasteiger partial charge in [-0.1, -0.05) is 53.5 Å². The van der Waals surface area contributed by atoms with E-state index >= 15 is 0 Å². The Hall–Kier alpha value is -3.02. The minimum absolute atomic E-state index is 0.0598. The molecular weight excluding hydrogens is 437 g/mol. The quantitative estimate of drug-likeness (QED) is 0.447. The number of carbonyl (C=O) groups excluding carboxylic acids is 1. The Balaban J connectivity index is 1.88. The third-order valence-electron chi connectivity index (χ3n) is 4.76. The average Bonchev–Trinajstić information content (AvgIpc) is 2.79. The summed E-state index contributed by atoms with van der Waals surface area (Å²) in [6, 6.07) is 16.0. The number of methoxy groups -OCH3 is 2. The molecule has 0 aliphatic carbocycles. The zero-order chi connectivity index (χ0) is 22.4. The topological polar surface area (TPSA) is 57.5 Å². The zero-order valence-electron chi connectivity index (χ0n) is 17.1. The molecule has 1 aromatic heterocycles. The fourth-order valence-corrected chi connectivity index (χ4v) is 3.63. The minimum atomic E-state index is -0.394. The molecule has 7 heteroatoms. The van der Waals surface area contributed by atoms with Crippen molar-refractivity contribution in [2.75, 3.05) is 14.2 Å². The summed E-state index contributed by atoms with van der Waals surface area (Å²) in [4.78, 5) is 24.3. The van der Waals surface area contributed by atoms with Gasteiger partial charge in [-0.2, -0.15) is 0 Å². The SMILES string of the molecule is COC(=O)c1ccc(CCn2c(C=Cc3cccc(OC)c3)c(Cl)cc(Cl)c2=O)cc1.